The van der Waals surface area contributed by atoms with Crippen molar-refractivity contribution in [3.8, 4) is 0 Å². The molecule has 2 rings (SSSR count). The van der Waals surface area contributed by atoms with Gasteiger partial charge in [-0.15, -0.1) is 0 Å². The molecular weight excluding hydrogens is 196 g/mol. The van der Waals surface area contributed by atoms with Crippen LogP contribution in [0.25, 0.3) is 5.57 Å². The van der Waals surface area contributed by atoms with Gasteiger partial charge in [-0.1, -0.05) is 36.9 Å². The second-order valence-electron chi connectivity index (χ2n) is 4.35. The van der Waals surface area contributed by atoms with Crippen molar-refractivity contribution in [3.63, 3.8) is 0 Å². The maximum Gasteiger partial charge on any atom is 0.0234 e. The molecule has 1 aliphatic heterocycles. The summed E-state index contributed by atoms with van der Waals surface area (Å²) in [5, 5.41) is 3.42. The van der Waals surface area contributed by atoms with Crippen LogP contribution in [-0.2, 0) is 0 Å². The minimum Gasteiger partial charge on any atom is -0.315 e. The van der Waals surface area contributed by atoms with E-state index in [1.165, 1.54) is 24.1 Å². The van der Waals surface area contributed by atoms with Gasteiger partial charge in [0.25, 0.3) is 0 Å². The van der Waals surface area contributed by atoms with Gasteiger partial charge in [-0.05, 0) is 30.6 Å². The van der Waals surface area contributed by atoms with E-state index in [-0.39, 0.29) is 0 Å². The average molecular weight is 216 g/mol. The number of hydrogen-bond acceptors (Lipinski definition) is 2. The molecule has 0 unspecified atom stereocenters. The highest BCUT2D eigenvalue weighted by Gasteiger charge is 2.09. The molecule has 0 aliphatic carbocycles. The summed E-state index contributed by atoms with van der Waals surface area (Å²) in [6.07, 6.45) is 1.24. The lowest BCUT2D eigenvalue weighted by Crippen LogP contribution is -2.29. The Bertz CT molecular complexity index is 324. The van der Waals surface area contributed by atoms with Gasteiger partial charge in [-0.25, -0.2) is 0 Å². The van der Waals surface area contributed by atoms with E-state index >= 15 is 0 Å². The second-order valence-corrected chi connectivity index (χ2v) is 4.35. The smallest absolute Gasteiger partial charge is 0.0234 e. The Morgan fingerprint density at radius 2 is 2.00 bits per heavy atom. The summed E-state index contributed by atoms with van der Waals surface area (Å²) in [6, 6.07) is 10.5. The fourth-order valence-electron chi connectivity index (χ4n) is 2.09. The molecule has 1 saturated heterocycles. The predicted octanol–water partition coefficient (Wildman–Crippen LogP) is 2.00. The number of nitrogens with one attached hydrogen (secondary N) is 1. The first kappa shape index (κ1) is 11.4. The van der Waals surface area contributed by atoms with Crippen molar-refractivity contribution in [2.75, 3.05) is 32.7 Å². The van der Waals surface area contributed by atoms with Crippen LogP contribution < -0.4 is 5.32 Å². The van der Waals surface area contributed by atoms with Gasteiger partial charge in [-0.2, -0.15) is 0 Å². The van der Waals surface area contributed by atoms with Crippen molar-refractivity contribution in [1.82, 2.24) is 10.2 Å². The molecule has 1 heterocycles. The lowest BCUT2D eigenvalue weighted by Gasteiger charge is -2.20. The Kier molecular flexibility index (Phi) is 4.14. The molecule has 0 radical (unpaired) electrons. The van der Waals surface area contributed by atoms with Crippen LogP contribution in [0.4, 0.5) is 0 Å². The summed E-state index contributed by atoms with van der Waals surface area (Å²) >= 11 is 0. The van der Waals surface area contributed by atoms with Crippen molar-refractivity contribution in [3.05, 3.63) is 42.5 Å². The lowest BCUT2D eigenvalue weighted by molar-refractivity contribution is 0.329. The van der Waals surface area contributed by atoms with Gasteiger partial charge in [0.05, 0.1) is 0 Å². The molecule has 1 aromatic carbocycles. The average Bonchev–Trinajstić information content (AvgIpc) is 2.59. The van der Waals surface area contributed by atoms with E-state index in [1.807, 2.05) is 6.07 Å². The number of benzene rings is 1. The molecule has 1 aliphatic rings. The Hall–Kier alpha value is -1.12. The molecule has 0 atom stereocenters. The summed E-state index contributed by atoms with van der Waals surface area (Å²) < 4.78 is 0. The third kappa shape index (κ3) is 3.19. The molecule has 2 nitrogen and oxygen atoms in total. The summed E-state index contributed by atoms with van der Waals surface area (Å²) in [4.78, 5) is 2.48. The van der Waals surface area contributed by atoms with E-state index in [4.69, 9.17) is 0 Å². The van der Waals surface area contributed by atoms with Crippen LogP contribution in [-0.4, -0.2) is 37.6 Å². The molecule has 16 heavy (non-hydrogen) atoms. The van der Waals surface area contributed by atoms with Gasteiger partial charge in [-0.3, -0.25) is 4.90 Å². The largest absolute Gasteiger partial charge is 0.315 e. The molecule has 1 aromatic rings. The lowest BCUT2D eigenvalue weighted by atomic mass is 10.1. The van der Waals surface area contributed by atoms with Crippen LogP contribution in [0.3, 0.4) is 0 Å². The van der Waals surface area contributed by atoms with Crippen LogP contribution in [0, 0.1) is 0 Å². The first-order valence-corrected chi connectivity index (χ1v) is 6.02. The molecule has 0 aromatic heterocycles. The highest BCUT2D eigenvalue weighted by Crippen LogP contribution is 2.13. The zero-order valence-electron chi connectivity index (χ0n) is 9.78. The second kappa shape index (κ2) is 5.83. The normalized spacial score (nSPS) is 18.0. The molecule has 1 fully saturated rings. The zero-order chi connectivity index (χ0) is 11.2. The molecule has 86 valence electrons. The first-order valence-electron chi connectivity index (χ1n) is 6.02. The number of nitrogens with zero attached hydrogens (tertiary/aromatic N) is 1. The van der Waals surface area contributed by atoms with Crippen LogP contribution in [0.1, 0.15) is 12.0 Å². The molecule has 0 amide bonds. The molecule has 1 N–H and O–H groups in total. The number of hydrogen-bond donors (Lipinski definition) is 1. The zero-order valence-corrected chi connectivity index (χ0v) is 9.78. The molecule has 0 bridgehead atoms. The minimum absolute atomic E-state index is 0.992. The van der Waals surface area contributed by atoms with Crippen molar-refractivity contribution in [2.45, 2.75) is 6.42 Å². The van der Waals surface area contributed by atoms with Gasteiger partial charge in [0.15, 0.2) is 0 Å². The van der Waals surface area contributed by atoms with Gasteiger partial charge in [0.1, 0.15) is 0 Å². The van der Waals surface area contributed by atoms with E-state index in [0.29, 0.717) is 0 Å². The number of rotatable bonds is 3. The predicted molar refractivity (Wildman–Crippen MR) is 69.4 cm³/mol. The monoisotopic (exact) mass is 216 g/mol. The fourth-order valence-corrected chi connectivity index (χ4v) is 2.09. The van der Waals surface area contributed by atoms with Gasteiger partial charge in [0, 0.05) is 19.6 Å². The summed E-state index contributed by atoms with van der Waals surface area (Å²) in [6.45, 7) is 9.74. The van der Waals surface area contributed by atoms with Crippen LogP contribution in [0.2, 0.25) is 0 Å². The topological polar surface area (TPSA) is 15.3 Å². The Morgan fingerprint density at radius 3 is 2.81 bits per heavy atom. The van der Waals surface area contributed by atoms with Gasteiger partial charge < -0.3 is 5.32 Å². The standard InChI is InChI=1S/C14H20N2/c1-13(14-6-3-2-4-7-14)12-16-10-5-8-15-9-11-16/h2-4,6-7,15H,1,5,8-12H2. The Morgan fingerprint density at radius 1 is 1.19 bits per heavy atom. The summed E-state index contributed by atoms with van der Waals surface area (Å²) in [5.41, 5.74) is 2.49. The third-order valence-corrected chi connectivity index (χ3v) is 3.03. The van der Waals surface area contributed by atoms with E-state index in [0.717, 1.165) is 26.2 Å². The van der Waals surface area contributed by atoms with E-state index in [2.05, 4.69) is 41.1 Å². The highest BCUT2D eigenvalue weighted by atomic mass is 15.1. The molecule has 0 saturated carbocycles. The van der Waals surface area contributed by atoms with Crippen molar-refractivity contribution < 1.29 is 0 Å². The van der Waals surface area contributed by atoms with E-state index in [9.17, 15) is 0 Å². The van der Waals surface area contributed by atoms with Crippen LogP contribution >= 0.6 is 0 Å². The molecule has 0 spiro atoms. The molecule has 2 heteroatoms. The first-order chi connectivity index (χ1) is 7.86. The third-order valence-electron chi connectivity index (χ3n) is 3.03. The van der Waals surface area contributed by atoms with Crippen LogP contribution in [0.5, 0.6) is 0 Å². The van der Waals surface area contributed by atoms with Crippen molar-refractivity contribution >= 4 is 5.57 Å². The maximum absolute atomic E-state index is 4.19. The van der Waals surface area contributed by atoms with E-state index in [1.54, 1.807) is 0 Å². The van der Waals surface area contributed by atoms with Gasteiger partial charge >= 0.3 is 0 Å². The molecular formula is C14H20N2. The van der Waals surface area contributed by atoms with E-state index < -0.39 is 0 Å². The van der Waals surface area contributed by atoms with Crippen molar-refractivity contribution in [1.29, 1.82) is 0 Å². The minimum atomic E-state index is 0.992. The van der Waals surface area contributed by atoms with Gasteiger partial charge in [0.2, 0.25) is 0 Å². The summed E-state index contributed by atoms with van der Waals surface area (Å²) in [7, 11) is 0. The quantitative estimate of drug-likeness (QED) is 0.831. The summed E-state index contributed by atoms with van der Waals surface area (Å²) in [5.74, 6) is 0. The maximum atomic E-state index is 4.19. The SMILES string of the molecule is C=C(CN1CCCNCC1)c1ccccc1. The Balaban J connectivity index is 1.91. The van der Waals surface area contributed by atoms with Crippen molar-refractivity contribution in [2.24, 2.45) is 0 Å². The fraction of sp³-hybridized carbons (Fsp3) is 0.429. The van der Waals surface area contributed by atoms with Crippen LogP contribution in [0.15, 0.2) is 36.9 Å². The Labute approximate surface area is 98.0 Å². The highest BCUT2D eigenvalue weighted by molar-refractivity contribution is 5.64.